The molecule has 1 saturated heterocycles. The van der Waals surface area contributed by atoms with Gasteiger partial charge in [0.25, 0.3) is 0 Å². The predicted octanol–water partition coefficient (Wildman–Crippen LogP) is 0.807. The molecule has 1 fully saturated rings. The topological polar surface area (TPSA) is 70.1 Å². The molecule has 0 bridgehead atoms. The predicted molar refractivity (Wildman–Crippen MR) is 75.6 cm³/mol. The monoisotopic (exact) mass is 286 g/mol. The zero-order valence-electron chi connectivity index (χ0n) is 12.8. The van der Waals surface area contributed by atoms with Crippen LogP contribution in [0.2, 0.25) is 0 Å². The molecule has 0 aromatic rings. The van der Waals surface area contributed by atoms with Gasteiger partial charge in [0, 0.05) is 25.7 Å². The van der Waals surface area contributed by atoms with Gasteiger partial charge < -0.3 is 14.7 Å². The van der Waals surface area contributed by atoms with Crippen molar-refractivity contribution in [1.29, 1.82) is 0 Å². The first-order valence-electron chi connectivity index (χ1n) is 7.15. The van der Waals surface area contributed by atoms with Crippen molar-refractivity contribution in [2.24, 2.45) is 0 Å². The van der Waals surface area contributed by atoms with Gasteiger partial charge in [-0.15, -0.1) is 0 Å². The van der Waals surface area contributed by atoms with Crippen LogP contribution in [0.1, 0.15) is 33.6 Å². The molecule has 0 radical (unpaired) electrons. The maximum Gasteiger partial charge on any atom is 0.323 e. The molecule has 1 aliphatic rings. The number of hydrogen-bond donors (Lipinski definition) is 1. The number of carbonyl (C=O) groups is 2. The van der Waals surface area contributed by atoms with Crippen LogP contribution in [-0.2, 0) is 14.3 Å². The maximum atomic E-state index is 12.5. The molecule has 0 aromatic heterocycles. The summed E-state index contributed by atoms with van der Waals surface area (Å²) >= 11 is 0. The number of rotatable bonds is 7. The van der Waals surface area contributed by atoms with Gasteiger partial charge in [0.2, 0.25) is 5.91 Å². The molecule has 0 aromatic carbocycles. The highest BCUT2D eigenvalue weighted by atomic mass is 16.5. The van der Waals surface area contributed by atoms with Gasteiger partial charge in [0.05, 0.1) is 12.6 Å². The molecule has 3 atom stereocenters. The number of ether oxygens (including phenoxy) is 1. The second-order valence-corrected chi connectivity index (χ2v) is 5.54. The standard InChI is InChI=1S/C14H26N2O4/c1-10-5-6-11(2)16(10)12(3)14(19)15(7-8-20-4)9-13(17)18/h10-12H,5-9H2,1-4H3,(H,17,18). The van der Waals surface area contributed by atoms with Gasteiger partial charge in [0.15, 0.2) is 0 Å². The molecule has 6 heteroatoms. The molecular formula is C14H26N2O4. The minimum atomic E-state index is -0.996. The van der Waals surface area contributed by atoms with Crippen LogP contribution in [0, 0.1) is 0 Å². The second kappa shape index (κ2) is 7.59. The van der Waals surface area contributed by atoms with Crippen molar-refractivity contribution < 1.29 is 19.4 Å². The third kappa shape index (κ3) is 4.18. The number of hydrogen-bond acceptors (Lipinski definition) is 4. The van der Waals surface area contributed by atoms with Crippen molar-refractivity contribution >= 4 is 11.9 Å². The number of carboxylic acids is 1. The van der Waals surface area contributed by atoms with Gasteiger partial charge in [-0.2, -0.15) is 0 Å². The van der Waals surface area contributed by atoms with Crippen LogP contribution in [0.5, 0.6) is 0 Å². The zero-order valence-corrected chi connectivity index (χ0v) is 12.8. The van der Waals surface area contributed by atoms with Crippen molar-refractivity contribution in [1.82, 2.24) is 9.80 Å². The van der Waals surface area contributed by atoms with Crippen LogP contribution in [-0.4, -0.2) is 71.7 Å². The second-order valence-electron chi connectivity index (χ2n) is 5.54. The van der Waals surface area contributed by atoms with Crippen LogP contribution >= 0.6 is 0 Å². The molecule has 0 aliphatic carbocycles. The lowest BCUT2D eigenvalue weighted by atomic mass is 10.2. The highest BCUT2D eigenvalue weighted by Crippen LogP contribution is 2.26. The highest BCUT2D eigenvalue weighted by Gasteiger charge is 2.36. The SMILES string of the molecule is COCCN(CC(=O)O)C(=O)C(C)N1C(C)CCC1C. The average molecular weight is 286 g/mol. The van der Waals surface area contributed by atoms with E-state index >= 15 is 0 Å². The Labute approximate surface area is 120 Å². The summed E-state index contributed by atoms with van der Waals surface area (Å²) < 4.78 is 4.95. The molecule has 1 rings (SSSR count). The molecule has 6 nitrogen and oxygen atoms in total. The summed E-state index contributed by atoms with van der Waals surface area (Å²) in [6.07, 6.45) is 2.16. The van der Waals surface area contributed by atoms with E-state index in [1.807, 2.05) is 6.92 Å². The van der Waals surface area contributed by atoms with Gasteiger partial charge in [-0.1, -0.05) is 0 Å². The highest BCUT2D eigenvalue weighted by molar-refractivity contribution is 5.85. The van der Waals surface area contributed by atoms with Gasteiger partial charge in [0.1, 0.15) is 6.54 Å². The third-order valence-corrected chi connectivity index (χ3v) is 4.03. The number of amides is 1. The van der Waals surface area contributed by atoms with E-state index in [2.05, 4.69) is 18.7 Å². The van der Waals surface area contributed by atoms with E-state index in [4.69, 9.17) is 9.84 Å². The Balaban J connectivity index is 2.73. The Morgan fingerprint density at radius 2 is 1.90 bits per heavy atom. The van der Waals surface area contributed by atoms with E-state index in [0.717, 1.165) is 12.8 Å². The fourth-order valence-electron chi connectivity index (χ4n) is 3.00. The molecule has 116 valence electrons. The first kappa shape index (κ1) is 16.9. The van der Waals surface area contributed by atoms with Crippen molar-refractivity contribution in [2.45, 2.75) is 51.7 Å². The maximum absolute atomic E-state index is 12.5. The van der Waals surface area contributed by atoms with Gasteiger partial charge in [-0.05, 0) is 33.6 Å². The van der Waals surface area contributed by atoms with Crippen molar-refractivity contribution in [3.63, 3.8) is 0 Å². The molecule has 0 spiro atoms. The first-order chi connectivity index (χ1) is 9.38. The lowest BCUT2D eigenvalue weighted by Crippen LogP contribution is -2.52. The first-order valence-corrected chi connectivity index (χ1v) is 7.15. The van der Waals surface area contributed by atoms with Gasteiger partial charge in [-0.3, -0.25) is 14.5 Å². The summed E-state index contributed by atoms with van der Waals surface area (Å²) in [6.45, 7) is 6.47. The third-order valence-electron chi connectivity index (χ3n) is 4.03. The van der Waals surface area contributed by atoms with E-state index < -0.39 is 5.97 Å². The summed E-state index contributed by atoms with van der Waals surface area (Å²) in [5.41, 5.74) is 0. The summed E-state index contributed by atoms with van der Waals surface area (Å²) in [6, 6.07) is 0.426. The van der Waals surface area contributed by atoms with Crippen molar-refractivity contribution in [2.75, 3.05) is 26.8 Å². The Morgan fingerprint density at radius 1 is 1.35 bits per heavy atom. The normalized spacial score (nSPS) is 24.6. The average Bonchev–Trinajstić information content (AvgIpc) is 2.72. The number of aliphatic carboxylic acids is 1. The Hall–Kier alpha value is -1.14. The quantitative estimate of drug-likeness (QED) is 0.750. The Bertz CT molecular complexity index is 338. The Morgan fingerprint density at radius 3 is 2.35 bits per heavy atom. The summed E-state index contributed by atoms with van der Waals surface area (Å²) in [4.78, 5) is 27.0. The number of carbonyl (C=O) groups excluding carboxylic acids is 1. The molecule has 1 N–H and O–H groups in total. The molecule has 1 amide bonds. The number of likely N-dealkylation sites (tertiary alicyclic amines) is 1. The van der Waals surface area contributed by atoms with Crippen LogP contribution in [0.4, 0.5) is 0 Å². The van der Waals surface area contributed by atoms with Crippen LogP contribution in [0.3, 0.4) is 0 Å². The van der Waals surface area contributed by atoms with Crippen molar-refractivity contribution in [3.8, 4) is 0 Å². The summed E-state index contributed by atoms with van der Waals surface area (Å²) in [5, 5.41) is 8.93. The van der Waals surface area contributed by atoms with E-state index in [9.17, 15) is 9.59 Å². The van der Waals surface area contributed by atoms with E-state index in [1.54, 1.807) is 0 Å². The smallest absolute Gasteiger partial charge is 0.323 e. The molecular weight excluding hydrogens is 260 g/mol. The number of nitrogens with zero attached hydrogens (tertiary/aromatic N) is 2. The molecule has 0 saturated carbocycles. The van der Waals surface area contributed by atoms with E-state index in [1.165, 1.54) is 12.0 Å². The van der Waals surface area contributed by atoms with Gasteiger partial charge >= 0.3 is 5.97 Å². The lowest BCUT2D eigenvalue weighted by molar-refractivity contribution is -0.147. The number of methoxy groups -OCH3 is 1. The number of carboxylic acid groups (broad SMARTS) is 1. The molecule has 1 aliphatic heterocycles. The summed E-state index contributed by atoms with van der Waals surface area (Å²) in [7, 11) is 1.54. The fourth-order valence-corrected chi connectivity index (χ4v) is 3.00. The van der Waals surface area contributed by atoms with E-state index in [0.29, 0.717) is 25.2 Å². The fraction of sp³-hybridized carbons (Fsp3) is 0.857. The van der Waals surface area contributed by atoms with Crippen LogP contribution < -0.4 is 0 Å². The van der Waals surface area contributed by atoms with Crippen LogP contribution in [0.25, 0.3) is 0 Å². The van der Waals surface area contributed by atoms with E-state index in [-0.39, 0.29) is 18.5 Å². The van der Waals surface area contributed by atoms with Crippen molar-refractivity contribution in [3.05, 3.63) is 0 Å². The molecule has 20 heavy (non-hydrogen) atoms. The molecule has 1 heterocycles. The lowest BCUT2D eigenvalue weighted by Gasteiger charge is -2.34. The van der Waals surface area contributed by atoms with Crippen LogP contribution in [0.15, 0.2) is 0 Å². The molecule has 3 unspecified atom stereocenters. The summed E-state index contributed by atoms with van der Waals surface area (Å²) in [5.74, 6) is -1.13. The van der Waals surface area contributed by atoms with Gasteiger partial charge in [-0.25, -0.2) is 0 Å². The minimum Gasteiger partial charge on any atom is -0.480 e. The Kier molecular flexibility index (Phi) is 6.42. The largest absolute Gasteiger partial charge is 0.480 e. The minimum absolute atomic E-state index is 0.134. The zero-order chi connectivity index (χ0) is 15.3.